The minimum atomic E-state index is -0.828. The zero-order chi connectivity index (χ0) is 20.7. The fourth-order valence-electron chi connectivity index (χ4n) is 3.22. The Balaban J connectivity index is 2.08. The fraction of sp³-hybridized carbons (Fsp3) is 0.348. The molecule has 0 spiro atoms. The maximum Gasteiger partial charge on any atom is 0.344 e. The molecule has 1 unspecified atom stereocenters. The van der Waals surface area contributed by atoms with Gasteiger partial charge in [0.2, 0.25) is 0 Å². The minimum absolute atomic E-state index is 0.205. The van der Waals surface area contributed by atoms with E-state index in [1.165, 1.54) is 6.08 Å². The molecule has 0 bridgehead atoms. The lowest BCUT2D eigenvalue weighted by Crippen LogP contribution is -2.39. The number of para-hydroxylation sites is 1. The van der Waals surface area contributed by atoms with E-state index in [1.807, 2.05) is 51.1 Å². The summed E-state index contributed by atoms with van der Waals surface area (Å²) in [6.07, 6.45) is 5.41. The van der Waals surface area contributed by atoms with Gasteiger partial charge in [0.05, 0.1) is 0 Å². The summed E-state index contributed by atoms with van der Waals surface area (Å²) >= 11 is 0. The summed E-state index contributed by atoms with van der Waals surface area (Å²) in [5.41, 5.74) is 1.88. The van der Waals surface area contributed by atoms with Gasteiger partial charge in [0.25, 0.3) is 0 Å². The minimum Gasteiger partial charge on any atom is -0.482 e. The number of esters is 1. The van der Waals surface area contributed by atoms with Gasteiger partial charge >= 0.3 is 5.97 Å². The highest BCUT2D eigenvalue weighted by Gasteiger charge is 2.39. The molecular weight excluding hydrogens is 356 g/mol. The molecule has 1 aromatic rings. The van der Waals surface area contributed by atoms with E-state index in [2.05, 4.69) is 0 Å². The Bertz CT molecular complexity index is 828. The molecule has 1 aliphatic rings. The second kappa shape index (κ2) is 9.31. The van der Waals surface area contributed by atoms with Gasteiger partial charge in [0, 0.05) is 6.42 Å². The fourth-order valence-corrected chi connectivity index (χ4v) is 3.22. The maximum absolute atomic E-state index is 12.7. The highest BCUT2D eigenvalue weighted by molar-refractivity contribution is 6.01. The van der Waals surface area contributed by atoms with Gasteiger partial charge in [0.1, 0.15) is 12.0 Å². The Morgan fingerprint density at radius 3 is 2.57 bits per heavy atom. The lowest BCUT2D eigenvalue weighted by atomic mass is 9.71. The van der Waals surface area contributed by atoms with Crippen molar-refractivity contribution in [3.05, 3.63) is 65.3 Å². The highest BCUT2D eigenvalue weighted by atomic mass is 16.6. The Hall–Kier alpha value is -2.95. The van der Waals surface area contributed by atoms with Crippen molar-refractivity contribution in [3.8, 4) is 5.75 Å². The monoisotopic (exact) mass is 382 g/mol. The highest BCUT2D eigenvalue weighted by Crippen LogP contribution is 2.40. The predicted octanol–water partition coefficient (Wildman–Crippen LogP) is 3.99. The molecule has 0 amide bonds. The third-order valence-corrected chi connectivity index (χ3v) is 4.71. The number of ether oxygens (including phenoxy) is 2. The maximum atomic E-state index is 12.7. The first-order chi connectivity index (χ1) is 13.2. The molecule has 1 aliphatic carbocycles. The van der Waals surface area contributed by atoms with Crippen LogP contribution in [0.5, 0.6) is 5.75 Å². The SMILES string of the molecule is CC1=C(/C=C/C(C)=C/C=O)C(C)(C)CC(OC(=O)COc2ccccc2)C1=O. The lowest BCUT2D eigenvalue weighted by molar-refractivity contribution is -0.158. The summed E-state index contributed by atoms with van der Waals surface area (Å²) in [4.78, 5) is 35.4. The first-order valence-electron chi connectivity index (χ1n) is 9.17. The Morgan fingerprint density at radius 1 is 1.25 bits per heavy atom. The van der Waals surface area contributed by atoms with E-state index < -0.39 is 12.1 Å². The van der Waals surface area contributed by atoms with E-state index >= 15 is 0 Å². The van der Waals surface area contributed by atoms with Gasteiger partial charge in [-0.3, -0.25) is 9.59 Å². The number of Topliss-reactive ketones (excluding diaryl/α,β-unsaturated/α-hetero) is 1. The van der Waals surface area contributed by atoms with Gasteiger partial charge in [-0.15, -0.1) is 0 Å². The van der Waals surface area contributed by atoms with Gasteiger partial charge in [0.15, 0.2) is 18.5 Å². The molecule has 1 aromatic carbocycles. The number of carbonyl (C=O) groups excluding carboxylic acids is 3. The van der Waals surface area contributed by atoms with Crippen molar-refractivity contribution < 1.29 is 23.9 Å². The molecule has 0 saturated carbocycles. The van der Waals surface area contributed by atoms with E-state index in [9.17, 15) is 14.4 Å². The van der Waals surface area contributed by atoms with Crippen LogP contribution in [0.25, 0.3) is 0 Å². The molecule has 1 atom stereocenters. The number of aldehydes is 1. The summed E-state index contributed by atoms with van der Waals surface area (Å²) in [5, 5.41) is 0. The van der Waals surface area contributed by atoms with Crippen molar-refractivity contribution in [2.45, 2.75) is 40.2 Å². The second-order valence-corrected chi connectivity index (χ2v) is 7.45. The number of ketones is 1. The van der Waals surface area contributed by atoms with Crippen LogP contribution in [0.3, 0.4) is 0 Å². The standard InChI is InChI=1S/C23H26O5/c1-16(12-13-24)10-11-19-17(2)22(26)20(14-23(19,3)4)28-21(25)15-27-18-8-6-5-7-9-18/h5-13,20H,14-15H2,1-4H3/b11-10+,16-12+. The van der Waals surface area contributed by atoms with Crippen LogP contribution >= 0.6 is 0 Å². The van der Waals surface area contributed by atoms with E-state index in [0.29, 0.717) is 17.7 Å². The summed E-state index contributed by atoms with van der Waals surface area (Å²) in [5.74, 6) is -0.212. The summed E-state index contributed by atoms with van der Waals surface area (Å²) in [7, 11) is 0. The average Bonchev–Trinajstić information content (AvgIpc) is 2.65. The summed E-state index contributed by atoms with van der Waals surface area (Å²) < 4.78 is 10.8. The Labute approximate surface area is 165 Å². The first kappa shape index (κ1) is 21.4. The smallest absolute Gasteiger partial charge is 0.344 e. The number of hydrogen-bond donors (Lipinski definition) is 0. The van der Waals surface area contributed by atoms with Crippen LogP contribution in [0, 0.1) is 5.41 Å². The lowest BCUT2D eigenvalue weighted by Gasteiger charge is -2.36. The molecule has 28 heavy (non-hydrogen) atoms. The van der Waals surface area contributed by atoms with Crippen molar-refractivity contribution in [1.29, 1.82) is 0 Å². The number of rotatable bonds is 7. The summed E-state index contributed by atoms with van der Waals surface area (Å²) in [6.45, 7) is 7.31. The zero-order valence-corrected chi connectivity index (χ0v) is 16.7. The largest absolute Gasteiger partial charge is 0.482 e. The molecule has 5 nitrogen and oxygen atoms in total. The number of hydrogen-bond acceptors (Lipinski definition) is 5. The summed E-state index contributed by atoms with van der Waals surface area (Å²) in [6, 6.07) is 8.96. The van der Waals surface area contributed by atoms with Crippen molar-refractivity contribution in [3.63, 3.8) is 0 Å². The van der Waals surface area contributed by atoms with Crippen LogP contribution in [-0.2, 0) is 19.1 Å². The first-order valence-corrected chi connectivity index (χ1v) is 9.17. The molecule has 0 saturated heterocycles. The quantitative estimate of drug-likeness (QED) is 0.309. The van der Waals surface area contributed by atoms with Crippen molar-refractivity contribution in [2.24, 2.45) is 5.41 Å². The van der Waals surface area contributed by atoms with E-state index in [-0.39, 0.29) is 17.8 Å². The van der Waals surface area contributed by atoms with Crippen LogP contribution < -0.4 is 4.74 Å². The van der Waals surface area contributed by atoms with Crippen molar-refractivity contribution in [1.82, 2.24) is 0 Å². The topological polar surface area (TPSA) is 69.7 Å². The molecule has 2 rings (SSSR count). The van der Waals surface area contributed by atoms with Gasteiger partial charge < -0.3 is 9.47 Å². The molecular formula is C23H26O5. The molecule has 5 heteroatoms. The second-order valence-electron chi connectivity index (χ2n) is 7.45. The van der Waals surface area contributed by atoms with Gasteiger partial charge in [-0.05, 0) is 54.2 Å². The molecule has 0 radical (unpaired) electrons. The van der Waals surface area contributed by atoms with Crippen LogP contribution in [0.4, 0.5) is 0 Å². The van der Waals surface area contributed by atoms with E-state index in [0.717, 1.165) is 17.4 Å². The normalized spacial score (nSPS) is 19.6. The van der Waals surface area contributed by atoms with Crippen molar-refractivity contribution in [2.75, 3.05) is 6.61 Å². The van der Waals surface area contributed by atoms with Crippen molar-refractivity contribution >= 4 is 18.0 Å². The number of carbonyl (C=O) groups is 3. The van der Waals surface area contributed by atoms with Gasteiger partial charge in [-0.25, -0.2) is 4.79 Å². The Kier molecular flexibility index (Phi) is 7.10. The molecule has 0 fully saturated rings. The average molecular weight is 382 g/mol. The van der Waals surface area contributed by atoms with Crippen LogP contribution in [-0.4, -0.2) is 30.7 Å². The third kappa shape index (κ3) is 5.52. The Morgan fingerprint density at radius 2 is 1.93 bits per heavy atom. The van der Waals surface area contributed by atoms with Crippen LogP contribution in [0.15, 0.2) is 65.3 Å². The molecule has 0 aliphatic heterocycles. The predicted molar refractivity (Wildman–Crippen MR) is 107 cm³/mol. The molecule has 0 aromatic heterocycles. The van der Waals surface area contributed by atoms with Crippen LogP contribution in [0.1, 0.15) is 34.1 Å². The third-order valence-electron chi connectivity index (χ3n) is 4.71. The number of benzene rings is 1. The van der Waals surface area contributed by atoms with E-state index in [4.69, 9.17) is 9.47 Å². The van der Waals surface area contributed by atoms with Gasteiger partial charge in [-0.2, -0.15) is 0 Å². The van der Waals surface area contributed by atoms with Crippen LogP contribution in [0.2, 0.25) is 0 Å². The van der Waals surface area contributed by atoms with Gasteiger partial charge in [-0.1, -0.05) is 44.2 Å². The molecule has 0 heterocycles. The van der Waals surface area contributed by atoms with E-state index in [1.54, 1.807) is 19.1 Å². The zero-order valence-electron chi connectivity index (χ0n) is 16.7. The molecule has 0 N–H and O–H groups in total. The molecule has 148 valence electrons. The number of allylic oxidation sites excluding steroid dienone is 5.